The predicted octanol–water partition coefficient (Wildman–Crippen LogP) is 3.75. The van der Waals surface area contributed by atoms with Crippen molar-refractivity contribution >= 4 is 51.3 Å². The fourth-order valence-electron chi connectivity index (χ4n) is 2.77. The van der Waals surface area contributed by atoms with Gasteiger partial charge in [0.05, 0.1) is 21.8 Å². The van der Waals surface area contributed by atoms with E-state index < -0.39 is 11.8 Å². The normalized spacial score (nSPS) is 11.2. The maximum Gasteiger partial charge on any atom is 0.338 e. The Morgan fingerprint density at radius 3 is 2.65 bits per heavy atom. The van der Waals surface area contributed by atoms with Crippen molar-refractivity contribution in [3.63, 3.8) is 0 Å². The van der Waals surface area contributed by atoms with Crippen molar-refractivity contribution < 1.29 is 14.3 Å². The molecule has 2 N–H and O–H groups in total. The summed E-state index contributed by atoms with van der Waals surface area (Å²) >= 11 is 6.05. The number of aromatic nitrogens is 4. The molecule has 0 aliphatic carbocycles. The van der Waals surface area contributed by atoms with E-state index in [1.807, 2.05) is 0 Å². The molecular weight excluding hydrogens is 361 g/mol. The van der Waals surface area contributed by atoms with Crippen molar-refractivity contribution in [1.82, 2.24) is 19.5 Å². The minimum absolute atomic E-state index is 0.0130. The van der Waals surface area contributed by atoms with Crippen LogP contribution in [0.2, 0.25) is 5.02 Å². The van der Waals surface area contributed by atoms with Crippen LogP contribution in [0.5, 0.6) is 0 Å². The fraction of sp³-hybridized carbons (Fsp3) is 0.0588. The topological polar surface area (TPSA) is 92.9 Å². The zero-order valence-corrected chi connectivity index (χ0v) is 14.1. The van der Waals surface area contributed by atoms with E-state index in [1.165, 1.54) is 30.6 Å². The van der Waals surface area contributed by atoms with Gasteiger partial charge in [-0.1, -0.05) is 17.7 Å². The third kappa shape index (κ3) is 2.42. The van der Waals surface area contributed by atoms with E-state index in [2.05, 4.69) is 20.3 Å². The van der Waals surface area contributed by atoms with Crippen LogP contribution in [0.4, 0.5) is 16.0 Å². The van der Waals surface area contributed by atoms with Gasteiger partial charge in [-0.3, -0.25) is 9.97 Å². The molecule has 0 aliphatic heterocycles. The van der Waals surface area contributed by atoms with Crippen LogP contribution >= 0.6 is 11.6 Å². The first kappa shape index (κ1) is 16.2. The van der Waals surface area contributed by atoms with Crippen LogP contribution < -0.4 is 5.32 Å². The van der Waals surface area contributed by atoms with E-state index in [9.17, 15) is 14.3 Å². The first-order valence-corrected chi connectivity index (χ1v) is 7.89. The van der Waals surface area contributed by atoms with Crippen molar-refractivity contribution in [3.8, 4) is 0 Å². The lowest BCUT2D eigenvalue weighted by Crippen LogP contribution is -2.02. The van der Waals surface area contributed by atoms with E-state index >= 15 is 0 Å². The van der Waals surface area contributed by atoms with Crippen molar-refractivity contribution in [2.75, 3.05) is 5.32 Å². The molecule has 2 aromatic carbocycles. The second-order valence-electron chi connectivity index (χ2n) is 5.57. The number of nitrogens with one attached hydrogen (secondary N) is 1. The van der Waals surface area contributed by atoms with Crippen LogP contribution in [0.3, 0.4) is 0 Å². The molecule has 2 heterocycles. The number of imidazole rings is 1. The Morgan fingerprint density at radius 2 is 1.96 bits per heavy atom. The number of hydrogen-bond acceptors (Lipinski definition) is 5. The number of para-hydroxylation sites is 1. The highest BCUT2D eigenvalue weighted by atomic mass is 35.5. The Hall–Kier alpha value is -3.26. The maximum atomic E-state index is 14.1. The van der Waals surface area contributed by atoms with Gasteiger partial charge in [-0.15, -0.1) is 0 Å². The minimum atomic E-state index is -1.12. The van der Waals surface area contributed by atoms with Gasteiger partial charge in [0, 0.05) is 19.4 Å². The highest BCUT2D eigenvalue weighted by molar-refractivity contribution is 6.33. The van der Waals surface area contributed by atoms with Crippen LogP contribution in [-0.4, -0.2) is 30.6 Å². The summed E-state index contributed by atoms with van der Waals surface area (Å²) < 4.78 is 15.7. The summed E-state index contributed by atoms with van der Waals surface area (Å²) in [5, 5.41) is 12.5. The highest BCUT2D eigenvalue weighted by Gasteiger charge is 2.20. The number of hydrogen-bond donors (Lipinski definition) is 2. The average Bonchev–Trinajstić information content (AvgIpc) is 2.93. The average molecular weight is 372 g/mol. The third-order valence-corrected chi connectivity index (χ3v) is 4.34. The molecule has 0 fully saturated rings. The smallest absolute Gasteiger partial charge is 0.338 e. The van der Waals surface area contributed by atoms with Gasteiger partial charge in [-0.05, 0) is 18.2 Å². The van der Waals surface area contributed by atoms with Crippen molar-refractivity contribution in [3.05, 3.63) is 53.1 Å². The monoisotopic (exact) mass is 371 g/mol. The van der Waals surface area contributed by atoms with Gasteiger partial charge in [0.25, 0.3) is 0 Å². The summed E-state index contributed by atoms with van der Waals surface area (Å²) in [6.45, 7) is 0. The van der Waals surface area contributed by atoms with Gasteiger partial charge >= 0.3 is 5.97 Å². The molecule has 4 rings (SSSR count). The van der Waals surface area contributed by atoms with Crippen LogP contribution in [0.15, 0.2) is 36.7 Å². The molecule has 0 atom stereocenters. The van der Waals surface area contributed by atoms with E-state index in [0.717, 1.165) is 0 Å². The highest BCUT2D eigenvalue weighted by Crippen LogP contribution is 2.31. The zero-order chi connectivity index (χ0) is 18.4. The second kappa shape index (κ2) is 5.92. The molecule has 7 nitrogen and oxygen atoms in total. The van der Waals surface area contributed by atoms with Crippen molar-refractivity contribution in [1.29, 1.82) is 0 Å². The van der Waals surface area contributed by atoms with Gasteiger partial charge < -0.3 is 15.0 Å². The molecule has 130 valence electrons. The van der Waals surface area contributed by atoms with Crippen molar-refractivity contribution in [2.24, 2.45) is 7.05 Å². The van der Waals surface area contributed by atoms with Crippen LogP contribution in [0, 0.1) is 5.82 Å². The van der Waals surface area contributed by atoms with E-state index in [0.29, 0.717) is 22.5 Å². The van der Waals surface area contributed by atoms with Crippen molar-refractivity contribution in [2.45, 2.75) is 0 Å². The molecule has 9 heteroatoms. The molecule has 0 radical (unpaired) electrons. The number of fused-ring (bicyclic) bond motifs is 3. The Kier molecular flexibility index (Phi) is 3.69. The van der Waals surface area contributed by atoms with Gasteiger partial charge in [-0.25, -0.2) is 14.2 Å². The maximum absolute atomic E-state index is 14.1. The predicted molar refractivity (Wildman–Crippen MR) is 95.5 cm³/mol. The Labute approximate surface area is 151 Å². The summed E-state index contributed by atoms with van der Waals surface area (Å²) in [5.41, 5.74) is 1.66. The minimum Gasteiger partial charge on any atom is -0.478 e. The first-order chi connectivity index (χ1) is 12.5. The molecule has 0 amide bonds. The fourth-order valence-corrected chi connectivity index (χ4v) is 2.98. The molecule has 0 bridgehead atoms. The molecule has 0 saturated carbocycles. The van der Waals surface area contributed by atoms with Crippen LogP contribution in [0.25, 0.3) is 22.1 Å². The molecule has 0 spiro atoms. The Balaban J connectivity index is 1.98. The summed E-state index contributed by atoms with van der Waals surface area (Å²) in [4.78, 5) is 24.4. The number of nitrogens with zero attached hydrogens (tertiary/aromatic N) is 4. The molecule has 26 heavy (non-hydrogen) atoms. The first-order valence-electron chi connectivity index (χ1n) is 7.52. The van der Waals surface area contributed by atoms with Gasteiger partial charge in [0.15, 0.2) is 0 Å². The number of benzene rings is 2. The summed E-state index contributed by atoms with van der Waals surface area (Å²) in [6.07, 6.45) is 2.88. The number of carbonyl (C=O) groups is 1. The van der Waals surface area contributed by atoms with E-state index in [-0.39, 0.29) is 21.8 Å². The number of aryl methyl sites for hydroxylation is 1. The van der Waals surface area contributed by atoms with Gasteiger partial charge in [-0.2, -0.15) is 0 Å². The van der Waals surface area contributed by atoms with Gasteiger partial charge in [0.2, 0.25) is 5.95 Å². The van der Waals surface area contributed by atoms with Crippen LogP contribution in [0.1, 0.15) is 10.4 Å². The molecule has 2 aromatic heterocycles. The summed E-state index contributed by atoms with van der Waals surface area (Å²) in [7, 11) is 1.68. The summed E-state index contributed by atoms with van der Waals surface area (Å²) in [6, 6.07) is 5.80. The lowest BCUT2D eigenvalue weighted by Gasteiger charge is -2.09. The van der Waals surface area contributed by atoms with Crippen LogP contribution in [-0.2, 0) is 7.05 Å². The Morgan fingerprint density at radius 1 is 1.23 bits per heavy atom. The molecule has 0 aliphatic rings. The van der Waals surface area contributed by atoms with E-state index in [4.69, 9.17) is 11.6 Å². The molecule has 0 unspecified atom stereocenters. The molecular formula is C17H11ClFN5O2. The zero-order valence-electron chi connectivity index (χ0n) is 13.4. The number of aromatic carboxylic acids is 1. The largest absolute Gasteiger partial charge is 0.478 e. The number of carboxylic acid groups (broad SMARTS) is 1. The summed E-state index contributed by atoms with van der Waals surface area (Å²) in [5.74, 6) is -1.35. The number of carboxylic acids is 1. The Bertz CT molecular complexity index is 1170. The standard InChI is InChI=1S/C17H11ClFN5O2/c1-24-11-7-8(16(25)26)12-15(21-6-5-20-12)14(11)23-17(24)22-13-9(18)3-2-4-10(13)19/h2-7H,1H3,(H,22,23)(H,25,26). The SMILES string of the molecule is Cn1c(Nc2c(F)cccc2Cl)nc2c3nccnc3c(C(=O)O)cc21. The molecule has 4 aromatic rings. The number of anilines is 2. The number of rotatable bonds is 3. The number of halogens is 2. The lowest BCUT2D eigenvalue weighted by molar-refractivity contribution is 0.0699. The lowest BCUT2D eigenvalue weighted by atomic mass is 10.1. The third-order valence-electron chi connectivity index (χ3n) is 4.03. The van der Waals surface area contributed by atoms with Gasteiger partial charge in [0.1, 0.15) is 22.4 Å². The second-order valence-corrected chi connectivity index (χ2v) is 5.97. The van der Waals surface area contributed by atoms with E-state index in [1.54, 1.807) is 17.7 Å². The quantitative estimate of drug-likeness (QED) is 0.569. The molecule has 0 saturated heterocycles.